The molecule has 0 radical (unpaired) electrons. The SMILES string of the molecule is CC(C)c1ccoc1C(=O)Nc1ccc(C(C)(C)C(=O)O)cc1. The third-order valence-corrected chi connectivity index (χ3v) is 3.92. The summed E-state index contributed by atoms with van der Waals surface area (Å²) in [5.41, 5.74) is 1.13. The second kappa shape index (κ2) is 6.28. The molecule has 0 aliphatic carbocycles. The van der Waals surface area contributed by atoms with Crippen LogP contribution in [0.15, 0.2) is 41.0 Å². The van der Waals surface area contributed by atoms with E-state index in [1.165, 1.54) is 6.26 Å². The van der Waals surface area contributed by atoms with Gasteiger partial charge < -0.3 is 14.8 Å². The molecular weight excluding hydrogens is 294 g/mol. The molecule has 1 heterocycles. The van der Waals surface area contributed by atoms with Crippen LogP contribution < -0.4 is 5.32 Å². The highest BCUT2D eigenvalue weighted by atomic mass is 16.4. The molecule has 0 saturated carbocycles. The fraction of sp³-hybridized carbons (Fsp3) is 0.333. The van der Waals surface area contributed by atoms with E-state index in [2.05, 4.69) is 5.32 Å². The predicted octanol–water partition coefficient (Wildman–Crippen LogP) is 4.02. The Morgan fingerprint density at radius 2 is 1.74 bits per heavy atom. The van der Waals surface area contributed by atoms with Gasteiger partial charge in [-0.1, -0.05) is 26.0 Å². The maximum absolute atomic E-state index is 12.3. The predicted molar refractivity (Wildman–Crippen MR) is 87.9 cm³/mol. The van der Waals surface area contributed by atoms with Gasteiger partial charge in [-0.3, -0.25) is 9.59 Å². The van der Waals surface area contributed by atoms with E-state index in [0.29, 0.717) is 17.0 Å². The lowest BCUT2D eigenvalue weighted by molar-refractivity contribution is -0.142. The first-order valence-corrected chi connectivity index (χ1v) is 7.46. The normalized spacial score (nSPS) is 11.5. The summed E-state index contributed by atoms with van der Waals surface area (Å²) >= 11 is 0. The summed E-state index contributed by atoms with van der Waals surface area (Å²) in [6.07, 6.45) is 1.50. The Morgan fingerprint density at radius 1 is 1.13 bits per heavy atom. The molecule has 122 valence electrons. The molecule has 0 spiro atoms. The molecule has 0 aliphatic heterocycles. The maximum atomic E-state index is 12.3. The maximum Gasteiger partial charge on any atom is 0.313 e. The topological polar surface area (TPSA) is 79.5 Å². The Hall–Kier alpha value is -2.56. The van der Waals surface area contributed by atoms with Gasteiger partial charge in [0.25, 0.3) is 5.91 Å². The highest BCUT2D eigenvalue weighted by Gasteiger charge is 2.29. The molecule has 5 heteroatoms. The largest absolute Gasteiger partial charge is 0.481 e. The Labute approximate surface area is 135 Å². The Morgan fingerprint density at radius 3 is 2.26 bits per heavy atom. The first kappa shape index (κ1) is 16.8. The first-order chi connectivity index (χ1) is 10.7. The summed E-state index contributed by atoms with van der Waals surface area (Å²) in [7, 11) is 0. The minimum absolute atomic E-state index is 0.188. The number of nitrogens with one attached hydrogen (secondary N) is 1. The van der Waals surface area contributed by atoms with Crippen LogP contribution in [0.1, 0.15) is 55.3 Å². The van der Waals surface area contributed by atoms with E-state index in [9.17, 15) is 14.7 Å². The van der Waals surface area contributed by atoms with E-state index >= 15 is 0 Å². The van der Waals surface area contributed by atoms with Crippen molar-refractivity contribution in [2.45, 2.75) is 39.0 Å². The van der Waals surface area contributed by atoms with Crippen LogP contribution in [-0.2, 0) is 10.2 Å². The monoisotopic (exact) mass is 315 g/mol. The second-order valence-electron chi connectivity index (χ2n) is 6.32. The molecule has 0 bridgehead atoms. The van der Waals surface area contributed by atoms with E-state index < -0.39 is 11.4 Å². The number of carbonyl (C=O) groups is 2. The Kier molecular flexibility index (Phi) is 4.59. The molecule has 5 nitrogen and oxygen atoms in total. The molecule has 2 aromatic rings. The van der Waals surface area contributed by atoms with Crippen molar-refractivity contribution < 1.29 is 19.1 Å². The van der Waals surface area contributed by atoms with E-state index in [1.807, 2.05) is 13.8 Å². The zero-order valence-electron chi connectivity index (χ0n) is 13.7. The minimum atomic E-state index is -0.978. The van der Waals surface area contributed by atoms with Gasteiger partial charge in [-0.2, -0.15) is 0 Å². The lowest BCUT2D eigenvalue weighted by atomic mass is 9.85. The van der Waals surface area contributed by atoms with Gasteiger partial charge >= 0.3 is 5.97 Å². The summed E-state index contributed by atoms with van der Waals surface area (Å²) in [6, 6.07) is 8.58. The van der Waals surface area contributed by atoms with Crippen LogP contribution in [0.25, 0.3) is 0 Å². The van der Waals surface area contributed by atoms with Crippen LogP contribution >= 0.6 is 0 Å². The molecule has 1 aromatic heterocycles. The third-order valence-electron chi connectivity index (χ3n) is 3.92. The lowest BCUT2D eigenvalue weighted by Crippen LogP contribution is -2.28. The van der Waals surface area contributed by atoms with Crippen molar-refractivity contribution in [1.29, 1.82) is 0 Å². The van der Waals surface area contributed by atoms with Crippen molar-refractivity contribution in [1.82, 2.24) is 0 Å². The van der Waals surface area contributed by atoms with E-state index in [4.69, 9.17) is 4.42 Å². The minimum Gasteiger partial charge on any atom is -0.481 e. The quantitative estimate of drug-likeness (QED) is 0.873. The summed E-state index contributed by atoms with van der Waals surface area (Å²) < 4.78 is 5.28. The highest BCUT2D eigenvalue weighted by Crippen LogP contribution is 2.26. The van der Waals surface area contributed by atoms with Crippen molar-refractivity contribution >= 4 is 17.6 Å². The smallest absolute Gasteiger partial charge is 0.313 e. The number of furan rings is 1. The van der Waals surface area contributed by atoms with Crippen molar-refractivity contribution in [3.8, 4) is 0 Å². The Balaban J connectivity index is 2.17. The van der Waals surface area contributed by atoms with Gasteiger partial charge in [0, 0.05) is 11.3 Å². The molecule has 0 saturated heterocycles. The van der Waals surface area contributed by atoms with Crippen LogP contribution in [0.4, 0.5) is 5.69 Å². The van der Waals surface area contributed by atoms with Gasteiger partial charge in [0.05, 0.1) is 11.7 Å². The van der Waals surface area contributed by atoms with Gasteiger partial charge in [0.1, 0.15) is 0 Å². The lowest BCUT2D eigenvalue weighted by Gasteiger charge is -2.19. The zero-order valence-corrected chi connectivity index (χ0v) is 13.7. The molecule has 0 atom stereocenters. The summed E-state index contributed by atoms with van der Waals surface area (Å²) in [5.74, 6) is -0.724. The Bertz CT molecular complexity index is 711. The van der Waals surface area contributed by atoms with Gasteiger partial charge in [0.15, 0.2) is 5.76 Å². The average Bonchev–Trinajstić information content (AvgIpc) is 2.97. The number of hydrogen-bond acceptors (Lipinski definition) is 3. The molecule has 1 aromatic carbocycles. The number of carbonyl (C=O) groups excluding carboxylic acids is 1. The summed E-state index contributed by atoms with van der Waals surface area (Å²) in [4.78, 5) is 23.6. The van der Waals surface area contributed by atoms with Gasteiger partial charge in [-0.05, 0) is 43.5 Å². The van der Waals surface area contributed by atoms with Crippen LogP contribution in [0.2, 0.25) is 0 Å². The number of amides is 1. The fourth-order valence-electron chi connectivity index (χ4n) is 2.24. The van der Waals surface area contributed by atoms with E-state index in [0.717, 1.165) is 5.56 Å². The number of benzene rings is 1. The summed E-state index contributed by atoms with van der Waals surface area (Å²) in [5, 5.41) is 12.0. The number of anilines is 1. The summed E-state index contributed by atoms with van der Waals surface area (Å²) in [6.45, 7) is 7.26. The van der Waals surface area contributed by atoms with E-state index in [-0.39, 0.29) is 11.8 Å². The van der Waals surface area contributed by atoms with Gasteiger partial charge in [0.2, 0.25) is 0 Å². The second-order valence-corrected chi connectivity index (χ2v) is 6.32. The molecule has 2 N–H and O–H groups in total. The molecule has 0 aliphatic rings. The molecule has 23 heavy (non-hydrogen) atoms. The molecule has 1 amide bonds. The molecular formula is C18H21NO4. The zero-order chi connectivity index (χ0) is 17.2. The number of rotatable bonds is 5. The van der Waals surface area contributed by atoms with Crippen molar-refractivity contribution in [3.05, 3.63) is 53.5 Å². The van der Waals surface area contributed by atoms with Crippen LogP contribution in [-0.4, -0.2) is 17.0 Å². The third kappa shape index (κ3) is 3.44. The number of aliphatic carboxylic acids is 1. The average molecular weight is 315 g/mol. The first-order valence-electron chi connectivity index (χ1n) is 7.46. The number of carboxylic acids is 1. The van der Waals surface area contributed by atoms with Gasteiger partial charge in [-0.25, -0.2) is 0 Å². The number of hydrogen-bond donors (Lipinski definition) is 2. The van der Waals surface area contributed by atoms with Crippen molar-refractivity contribution in [2.75, 3.05) is 5.32 Å². The van der Waals surface area contributed by atoms with Crippen molar-refractivity contribution in [2.24, 2.45) is 0 Å². The van der Waals surface area contributed by atoms with Crippen LogP contribution in [0.5, 0.6) is 0 Å². The highest BCUT2D eigenvalue weighted by molar-refractivity contribution is 6.03. The van der Waals surface area contributed by atoms with Crippen molar-refractivity contribution in [3.63, 3.8) is 0 Å². The van der Waals surface area contributed by atoms with Crippen LogP contribution in [0.3, 0.4) is 0 Å². The number of carboxylic acid groups (broad SMARTS) is 1. The van der Waals surface area contributed by atoms with E-state index in [1.54, 1.807) is 44.2 Å². The fourth-order valence-corrected chi connectivity index (χ4v) is 2.24. The van der Waals surface area contributed by atoms with Crippen LogP contribution in [0, 0.1) is 0 Å². The van der Waals surface area contributed by atoms with Gasteiger partial charge in [-0.15, -0.1) is 0 Å². The molecule has 2 rings (SSSR count). The molecule has 0 fully saturated rings. The molecule has 0 unspecified atom stereocenters. The standard InChI is InChI=1S/C18H21NO4/c1-11(2)14-9-10-23-15(14)16(20)19-13-7-5-12(6-8-13)18(3,4)17(21)22/h5-11H,1-4H3,(H,19,20)(H,21,22).